The summed E-state index contributed by atoms with van der Waals surface area (Å²) >= 11 is 4.72. The lowest BCUT2D eigenvalue weighted by atomic mass is 9.87. The quantitative estimate of drug-likeness (QED) is 0.152. The van der Waals surface area contributed by atoms with Crippen LogP contribution in [0.2, 0.25) is 0 Å². The molecule has 1 heterocycles. The van der Waals surface area contributed by atoms with E-state index in [-0.39, 0.29) is 17.1 Å². The molecular weight excluding hydrogens is 550 g/mol. The minimum absolute atomic E-state index is 0.0516. The van der Waals surface area contributed by atoms with Gasteiger partial charge in [0.15, 0.2) is 11.0 Å². The average Bonchev–Trinajstić information content (AvgIpc) is 3.31. The molecule has 0 aliphatic rings. The molecule has 190 valence electrons. The van der Waals surface area contributed by atoms with Crippen molar-refractivity contribution in [1.82, 2.24) is 20.2 Å². The van der Waals surface area contributed by atoms with Crippen LogP contribution in [-0.2, 0) is 10.2 Å². The second kappa shape index (κ2) is 11.7. The van der Waals surface area contributed by atoms with Gasteiger partial charge in [-0.05, 0) is 52.9 Å². The average molecular weight is 579 g/mol. The number of methoxy groups -OCH3 is 1. The van der Waals surface area contributed by atoms with Gasteiger partial charge in [-0.15, -0.1) is 10.2 Å². The van der Waals surface area contributed by atoms with Crippen molar-refractivity contribution in [3.05, 3.63) is 88.4 Å². The summed E-state index contributed by atoms with van der Waals surface area (Å²) in [5, 5.41) is 13.6. The zero-order valence-corrected chi connectivity index (χ0v) is 23.5. The van der Waals surface area contributed by atoms with Gasteiger partial charge in [0.25, 0.3) is 5.91 Å². The number of aromatic nitrogens is 3. The highest BCUT2D eigenvalue weighted by Gasteiger charge is 2.19. The summed E-state index contributed by atoms with van der Waals surface area (Å²) in [7, 11) is 1.63. The first kappa shape index (κ1) is 26.6. The predicted molar refractivity (Wildman–Crippen MR) is 153 cm³/mol. The molecule has 0 bridgehead atoms. The van der Waals surface area contributed by atoms with Crippen molar-refractivity contribution in [2.75, 3.05) is 12.9 Å². The molecule has 0 aliphatic carbocycles. The van der Waals surface area contributed by atoms with Crippen LogP contribution < -0.4 is 10.2 Å². The molecule has 1 aromatic heterocycles. The van der Waals surface area contributed by atoms with E-state index in [9.17, 15) is 4.79 Å². The highest BCUT2D eigenvalue weighted by Crippen LogP contribution is 2.30. The number of carbonyl (C=O) groups excluding carboxylic acids is 1. The number of thioether (sulfide) groups is 1. The molecule has 37 heavy (non-hydrogen) atoms. The monoisotopic (exact) mass is 577 g/mol. The molecular formula is C28H28BrN5O2S. The van der Waals surface area contributed by atoms with Gasteiger partial charge < -0.3 is 4.74 Å². The van der Waals surface area contributed by atoms with E-state index in [1.165, 1.54) is 17.3 Å². The van der Waals surface area contributed by atoms with E-state index in [2.05, 4.69) is 81.7 Å². The summed E-state index contributed by atoms with van der Waals surface area (Å²) in [5.41, 5.74) is 6.55. The second-order valence-corrected chi connectivity index (χ2v) is 11.2. The van der Waals surface area contributed by atoms with Crippen LogP contribution in [-0.4, -0.2) is 39.7 Å². The Bertz CT molecular complexity index is 1390. The summed E-state index contributed by atoms with van der Waals surface area (Å²) < 4.78 is 8.21. The fourth-order valence-electron chi connectivity index (χ4n) is 3.56. The Labute approximate surface area is 229 Å². The van der Waals surface area contributed by atoms with Gasteiger partial charge in [-0.1, -0.05) is 84.9 Å². The molecule has 0 spiro atoms. The van der Waals surface area contributed by atoms with Crippen LogP contribution in [0.5, 0.6) is 5.75 Å². The number of halogens is 1. The largest absolute Gasteiger partial charge is 0.497 e. The normalized spacial score (nSPS) is 11.6. The Morgan fingerprint density at radius 2 is 1.81 bits per heavy atom. The van der Waals surface area contributed by atoms with E-state index >= 15 is 0 Å². The molecule has 0 fully saturated rings. The highest BCUT2D eigenvalue weighted by molar-refractivity contribution is 9.10. The Morgan fingerprint density at radius 1 is 1.08 bits per heavy atom. The summed E-state index contributed by atoms with van der Waals surface area (Å²) in [6, 6.07) is 23.7. The Kier molecular flexibility index (Phi) is 8.45. The lowest BCUT2D eigenvalue weighted by Gasteiger charge is -2.19. The number of nitrogens with zero attached hydrogens (tertiary/aromatic N) is 4. The van der Waals surface area contributed by atoms with E-state index in [1.54, 1.807) is 13.3 Å². The van der Waals surface area contributed by atoms with Gasteiger partial charge in [0, 0.05) is 15.7 Å². The van der Waals surface area contributed by atoms with Gasteiger partial charge in [0.1, 0.15) is 5.75 Å². The van der Waals surface area contributed by atoms with Crippen LogP contribution >= 0.6 is 27.7 Å². The van der Waals surface area contributed by atoms with Crippen molar-refractivity contribution in [2.45, 2.75) is 31.3 Å². The predicted octanol–water partition coefficient (Wildman–Crippen LogP) is 6.25. The highest BCUT2D eigenvalue weighted by atomic mass is 79.9. The SMILES string of the molecule is COc1ccc(-n2c(SCC(=O)N/N=C/c3cccc(Br)c3)nnc2-c2ccc(C(C)(C)C)cc2)cc1. The van der Waals surface area contributed by atoms with Crippen LogP contribution in [0.15, 0.2) is 87.5 Å². The Morgan fingerprint density at radius 3 is 2.46 bits per heavy atom. The maximum absolute atomic E-state index is 12.5. The number of amides is 1. The van der Waals surface area contributed by atoms with Crippen LogP contribution in [0.25, 0.3) is 17.1 Å². The molecule has 0 aliphatic heterocycles. The molecule has 9 heteroatoms. The van der Waals surface area contributed by atoms with Gasteiger partial charge in [-0.25, -0.2) is 5.43 Å². The molecule has 0 unspecified atom stereocenters. The smallest absolute Gasteiger partial charge is 0.250 e. The number of benzene rings is 3. The van der Waals surface area contributed by atoms with Gasteiger partial charge in [0.2, 0.25) is 0 Å². The van der Waals surface area contributed by atoms with Crippen LogP contribution in [0.1, 0.15) is 31.9 Å². The zero-order chi connectivity index (χ0) is 26.4. The molecule has 3 aromatic carbocycles. The first-order valence-corrected chi connectivity index (χ1v) is 13.4. The second-order valence-electron chi connectivity index (χ2n) is 9.30. The van der Waals surface area contributed by atoms with Gasteiger partial charge >= 0.3 is 0 Å². The third kappa shape index (κ3) is 6.87. The standard InChI is InChI=1S/C28H28BrN5O2S/c1-28(2,3)21-10-8-20(9-11-21)26-32-33-27(34(26)23-12-14-24(36-4)15-13-23)37-18-25(35)31-30-17-19-6-5-7-22(29)16-19/h5-17H,18H2,1-4H3,(H,31,35)/b30-17+. The first-order chi connectivity index (χ1) is 17.7. The Balaban J connectivity index is 1.55. The fourth-order valence-corrected chi connectivity index (χ4v) is 4.72. The maximum Gasteiger partial charge on any atom is 0.250 e. The van der Waals surface area contributed by atoms with E-state index in [0.29, 0.717) is 11.0 Å². The molecule has 0 radical (unpaired) electrons. The van der Waals surface area contributed by atoms with Crippen molar-refractivity contribution in [1.29, 1.82) is 0 Å². The molecule has 0 atom stereocenters. The molecule has 7 nitrogen and oxygen atoms in total. The lowest BCUT2D eigenvalue weighted by molar-refractivity contribution is -0.118. The molecule has 4 rings (SSSR count). The first-order valence-electron chi connectivity index (χ1n) is 11.7. The zero-order valence-electron chi connectivity index (χ0n) is 21.1. The molecule has 1 amide bonds. The van der Waals surface area contributed by atoms with Crippen molar-refractivity contribution in [2.24, 2.45) is 5.10 Å². The van der Waals surface area contributed by atoms with Crippen LogP contribution in [0.4, 0.5) is 0 Å². The molecule has 4 aromatic rings. The lowest BCUT2D eigenvalue weighted by Crippen LogP contribution is -2.20. The number of ether oxygens (including phenoxy) is 1. The van der Waals surface area contributed by atoms with Gasteiger partial charge in [-0.3, -0.25) is 9.36 Å². The minimum Gasteiger partial charge on any atom is -0.497 e. The minimum atomic E-state index is -0.239. The number of carbonyl (C=O) groups is 1. The van der Waals surface area contributed by atoms with E-state index in [1.807, 2.05) is 53.1 Å². The number of hydrogen-bond acceptors (Lipinski definition) is 6. The number of nitrogens with one attached hydrogen (secondary N) is 1. The molecule has 0 saturated heterocycles. The van der Waals surface area contributed by atoms with Crippen LogP contribution in [0.3, 0.4) is 0 Å². The molecule has 0 saturated carbocycles. The maximum atomic E-state index is 12.5. The van der Waals surface area contributed by atoms with Gasteiger partial charge in [-0.2, -0.15) is 5.10 Å². The summed E-state index contributed by atoms with van der Waals surface area (Å²) in [5.74, 6) is 1.34. The summed E-state index contributed by atoms with van der Waals surface area (Å²) in [4.78, 5) is 12.5. The third-order valence-electron chi connectivity index (χ3n) is 5.56. The fraction of sp³-hybridized carbons (Fsp3) is 0.214. The molecule has 1 N–H and O–H groups in total. The summed E-state index contributed by atoms with van der Waals surface area (Å²) in [6.07, 6.45) is 1.60. The van der Waals surface area contributed by atoms with Crippen molar-refractivity contribution >= 4 is 39.8 Å². The van der Waals surface area contributed by atoms with Crippen molar-refractivity contribution in [3.63, 3.8) is 0 Å². The van der Waals surface area contributed by atoms with Gasteiger partial charge in [0.05, 0.1) is 19.1 Å². The summed E-state index contributed by atoms with van der Waals surface area (Å²) in [6.45, 7) is 6.56. The van der Waals surface area contributed by atoms with E-state index in [0.717, 1.165) is 27.0 Å². The Hall–Kier alpha value is -3.43. The topological polar surface area (TPSA) is 81.4 Å². The third-order valence-corrected chi connectivity index (χ3v) is 6.98. The van der Waals surface area contributed by atoms with E-state index in [4.69, 9.17) is 4.74 Å². The van der Waals surface area contributed by atoms with Crippen molar-refractivity contribution in [3.8, 4) is 22.8 Å². The van der Waals surface area contributed by atoms with E-state index < -0.39 is 0 Å². The number of rotatable bonds is 8. The number of hydrazone groups is 1. The van der Waals surface area contributed by atoms with Crippen LogP contribution in [0, 0.1) is 0 Å². The number of hydrogen-bond donors (Lipinski definition) is 1. The van der Waals surface area contributed by atoms with Crippen molar-refractivity contribution < 1.29 is 9.53 Å².